The van der Waals surface area contributed by atoms with Crippen molar-refractivity contribution >= 4 is 18.4 Å². The number of carbonyl (C=O) groups is 1. The van der Waals surface area contributed by atoms with E-state index in [0.717, 1.165) is 86.1 Å². The molecule has 2 aromatic carbocycles. The molecule has 7 heteroatoms. The zero-order valence-corrected chi connectivity index (χ0v) is 21.5. The molecule has 3 saturated heterocycles. The molecule has 0 N–H and O–H groups in total. The normalized spacial score (nSPS) is 26.7. The maximum Gasteiger partial charge on any atom is 0.317 e. The van der Waals surface area contributed by atoms with Gasteiger partial charge in [-0.05, 0) is 30.5 Å². The highest BCUT2D eigenvalue weighted by molar-refractivity contribution is 5.85. The SMILES string of the molecule is Cl.O=C(O[C@H]1C[N+]2(Cc3noc(-c4ccccc4)n3)CCC1CC2)C1(c2ccccc2)CCCCC1. The Morgan fingerprint density at radius 1 is 0.972 bits per heavy atom. The fraction of sp³-hybridized carbons (Fsp3) is 0.483. The molecule has 7 rings (SSSR count). The molecule has 3 aliphatic heterocycles. The van der Waals surface area contributed by atoms with E-state index in [1.807, 2.05) is 48.5 Å². The van der Waals surface area contributed by atoms with Crippen LogP contribution in [0.25, 0.3) is 11.5 Å². The quantitative estimate of drug-likeness (QED) is 0.315. The monoisotopic (exact) mass is 508 g/mol. The Kier molecular flexibility index (Phi) is 7.18. The Bertz CT molecular complexity index is 1150. The van der Waals surface area contributed by atoms with Gasteiger partial charge in [0.1, 0.15) is 13.1 Å². The third-order valence-corrected chi connectivity index (χ3v) is 8.69. The molecule has 190 valence electrons. The summed E-state index contributed by atoms with van der Waals surface area (Å²) in [5.74, 6) is 1.75. The second-order valence-electron chi connectivity index (χ2n) is 10.8. The lowest BCUT2D eigenvalue weighted by molar-refractivity contribution is -0.958. The van der Waals surface area contributed by atoms with Gasteiger partial charge in [0.2, 0.25) is 5.82 Å². The maximum absolute atomic E-state index is 13.8. The molecule has 4 fully saturated rings. The minimum atomic E-state index is -0.491. The van der Waals surface area contributed by atoms with Crippen LogP contribution in [0.15, 0.2) is 65.2 Å². The van der Waals surface area contributed by atoms with Gasteiger partial charge in [-0.3, -0.25) is 4.79 Å². The zero-order valence-electron chi connectivity index (χ0n) is 20.7. The molecule has 0 spiro atoms. The Labute approximate surface area is 219 Å². The second kappa shape index (κ2) is 10.3. The average molecular weight is 509 g/mol. The zero-order chi connectivity index (χ0) is 23.7. The summed E-state index contributed by atoms with van der Waals surface area (Å²) in [6, 6.07) is 20.2. The molecule has 3 aromatic rings. The smallest absolute Gasteiger partial charge is 0.317 e. The van der Waals surface area contributed by atoms with Gasteiger partial charge >= 0.3 is 5.97 Å². The molecule has 4 heterocycles. The Morgan fingerprint density at radius 2 is 1.64 bits per heavy atom. The second-order valence-corrected chi connectivity index (χ2v) is 10.8. The lowest BCUT2D eigenvalue weighted by Gasteiger charge is -2.52. The van der Waals surface area contributed by atoms with Crippen molar-refractivity contribution in [3.05, 3.63) is 72.1 Å². The number of fused-ring (bicyclic) bond motifs is 3. The summed E-state index contributed by atoms with van der Waals surface area (Å²) in [4.78, 5) is 18.5. The van der Waals surface area contributed by atoms with E-state index in [2.05, 4.69) is 17.3 Å². The minimum absolute atomic E-state index is 0. The molecular weight excluding hydrogens is 474 g/mol. The van der Waals surface area contributed by atoms with Gasteiger partial charge < -0.3 is 13.7 Å². The molecule has 0 radical (unpaired) electrons. The van der Waals surface area contributed by atoms with E-state index < -0.39 is 5.41 Å². The van der Waals surface area contributed by atoms with Gasteiger partial charge in [-0.25, -0.2) is 0 Å². The molecule has 1 atom stereocenters. The van der Waals surface area contributed by atoms with Gasteiger partial charge in [-0.2, -0.15) is 4.98 Å². The van der Waals surface area contributed by atoms with Gasteiger partial charge in [0.25, 0.3) is 5.89 Å². The molecule has 1 aliphatic carbocycles. The van der Waals surface area contributed by atoms with E-state index >= 15 is 0 Å². The third kappa shape index (κ3) is 4.69. The van der Waals surface area contributed by atoms with Crippen LogP contribution < -0.4 is 0 Å². The highest BCUT2D eigenvalue weighted by Crippen LogP contribution is 2.43. The van der Waals surface area contributed by atoms with E-state index in [0.29, 0.717) is 11.8 Å². The van der Waals surface area contributed by atoms with Gasteiger partial charge in [0, 0.05) is 24.3 Å². The number of piperidine rings is 3. The highest BCUT2D eigenvalue weighted by Gasteiger charge is 2.51. The molecule has 0 unspecified atom stereocenters. The van der Waals surface area contributed by atoms with E-state index in [1.54, 1.807) is 0 Å². The lowest BCUT2D eigenvalue weighted by Crippen LogP contribution is -2.64. The number of ether oxygens (including phenoxy) is 1. The Balaban J connectivity index is 0.00000267. The van der Waals surface area contributed by atoms with Crippen LogP contribution in [0.2, 0.25) is 0 Å². The number of esters is 1. The number of halogens is 1. The standard InChI is InChI=1S/C29H34N3O3.ClH/c33-28(29(16-8-3-9-17-29)24-12-6-2-7-13-24)34-25-20-32(18-14-22(25)15-19-32)21-26-30-27(35-31-26)23-10-4-1-5-11-23;/h1-2,4-7,10-13,22,25H,3,8-9,14-21H2;1H/q+1;/t22?,25-,32?;/m0./s1. The fourth-order valence-corrected chi connectivity index (χ4v) is 6.67. The van der Waals surface area contributed by atoms with Crippen molar-refractivity contribution in [1.29, 1.82) is 0 Å². The van der Waals surface area contributed by atoms with Gasteiger partial charge in [-0.15, -0.1) is 12.4 Å². The van der Waals surface area contributed by atoms with Crippen LogP contribution in [0.1, 0.15) is 56.3 Å². The number of benzene rings is 2. The van der Waals surface area contributed by atoms with Crippen molar-refractivity contribution in [2.45, 2.75) is 63.0 Å². The lowest BCUT2D eigenvalue weighted by atomic mass is 9.69. The van der Waals surface area contributed by atoms with Gasteiger partial charge in [0.15, 0.2) is 6.10 Å². The minimum Gasteiger partial charge on any atom is -0.455 e. The van der Waals surface area contributed by atoms with E-state index in [1.165, 1.54) is 6.42 Å². The van der Waals surface area contributed by atoms with Crippen LogP contribution in [-0.2, 0) is 21.5 Å². The number of quaternary nitrogens is 1. The molecule has 2 bridgehead atoms. The Morgan fingerprint density at radius 3 is 2.33 bits per heavy atom. The first kappa shape index (κ1) is 25.0. The van der Waals surface area contributed by atoms with Crippen molar-refractivity contribution in [2.24, 2.45) is 5.92 Å². The molecule has 36 heavy (non-hydrogen) atoms. The van der Waals surface area contributed by atoms with Crippen molar-refractivity contribution in [3.8, 4) is 11.5 Å². The van der Waals surface area contributed by atoms with Crippen molar-refractivity contribution < 1.29 is 18.5 Å². The summed E-state index contributed by atoms with van der Waals surface area (Å²) in [7, 11) is 0. The maximum atomic E-state index is 13.8. The van der Waals surface area contributed by atoms with E-state index in [4.69, 9.17) is 14.2 Å². The summed E-state index contributed by atoms with van der Waals surface area (Å²) in [5.41, 5.74) is 1.57. The van der Waals surface area contributed by atoms with Crippen molar-refractivity contribution in [2.75, 3.05) is 19.6 Å². The summed E-state index contributed by atoms with van der Waals surface area (Å²) in [5, 5.41) is 4.30. The van der Waals surface area contributed by atoms with Crippen LogP contribution in [0.5, 0.6) is 0 Å². The van der Waals surface area contributed by atoms with E-state index in [9.17, 15) is 4.79 Å². The Hall–Kier alpha value is -2.70. The molecule has 1 saturated carbocycles. The van der Waals surface area contributed by atoms with Crippen LogP contribution in [0.3, 0.4) is 0 Å². The van der Waals surface area contributed by atoms with Gasteiger partial charge in [-0.1, -0.05) is 73.0 Å². The molecule has 1 aromatic heterocycles. The number of carbonyl (C=O) groups excluding carboxylic acids is 1. The number of aromatic nitrogens is 2. The van der Waals surface area contributed by atoms with Crippen LogP contribution in [0.4, 0.5) is 0 Å². The number of nitrogens with zero attached hydrogens (tertiary/aromatic N) is 3. The largest absolute Gasteiger partial charge is 0.455 e. The number of rotatable bonds is 6. The molecule has 6 nitrogen and oxygen atoms in total. The topological polar surface area (TPSA) is 65.2 Å². The summed E-state index contributed by atoms with van der Waals surface area (Å²) < 4.78 is 12.9. The predicted octanol–water partition coefficient (Wildman–Crippen LogP) is 5.71. The predicted molar refractivity (Wildman–Crippen MR) is 139 cm³/mol. The van der Waals surface area contributed by atoms with Crippen LogP contribution >= 0.6 is 12.4 Å². The third-order valence-electron chi connectivity index (χ3n) is 8.69. The van der Waals surface area contributed by atoms with E-state index in [-0.39, 0.29) is 24.5 Å². The fourth-order valence-electron chi connectivity index (χ4n) is 6.67. The first-order chi connectivity index (χ1) is 17.2. The summed E-state index contributed by atoms with van der Waals surface area (Å²) >= 11 is 0. The summed E-state index contributed by atoms with van der Waals surface area (Å²) in [6.07, 6.45) is 7.27. The number of hydrogen-bond donors (Lipinski definition) is 0. The van der Waals surface area contributed by atoms with Crippen molar-refractivity contribution in [3.63, 3.8) is 0 Å². The molecule has 0 amide bonds. The summed E-state index contributed by atoms with van der Waals surface area (Å²) in [6.45, 7) is 3.73. The first-order valence-corrected chi connectivity index (χ1v) is 13.2. The van der Waals surface area contributed by atoms with Crippen LogP contribution in [-0.4, -0.2) is 46.3 Å². The highest BCUT2D eigenvalue weighted by atomic mass is 35.5. The first-order valence-electron chi connectivity index (χ1n) is 13.2. The number of hydrogen-bond acceptors (Lipinski definition) is 5. The molecular formula is C29H35ClN3O3+. The molecule has 4 aliphatic rings. The van der Waals surface area contributed by atoms with Gasteiger partial charge in [0.05, 0.1) is 18.5 Å². The average Bonchev–Trinajstić information content (AvgIpc) is 3.38. The van der Waals surface area contributed by atoms with Crippen LogP contribution in [0, 0.1) is 5.92 Å². The van der Waals surface area contributed by atoms with Crippen molar-refractivity contribution in [1.82, 2.24) is 10.1 Å².